The van der Waals surface area contributed by atoms with Crippen molar-refractivity contribution in [3.8, 4) is 0 Å². The lowest BCUT2D eigenvalue weighted by atomic mass is 9.82. The SMILES string of the molecule is O=C(c1cccs1)N1CCN(CN2C(=O)NC3(CCCCC3)C2=O)CC1. The van der Waals surface area contributed by atoms with E-state index >= 15 is 0 Å². The van der Waals surface area contributed by atoms with Crippen molar-refractivity contribution in [2.75, 3.05) is 32.8 Å². The highest BCUT2D eigenvalue weighted by Gasteiger charge is 2.51. The summed E-state index contributed by atoms with van der Waals surface area (Å²) in [7, 11) is 0. The number of hydrogen-bond donors (Lipinski definition) is 1. The van der Waals surface area contributed by atoms with Gasteiger partial charge in [-0.05, 0) is 24.3 Å². The minimum Gasteiger partial charge on any atom is -0.335 e. The molecule has 1 aromatic heterocycles. The molecule has 3 heterocycles. The van der Waals surface area contributed by atoms with Gasteiger partial charge in [-0.1, -0.05) is 25.3 Å². The maximum Gasteiger partial charge on any atom is 0.326 e. The molecule has 1 spiro atoms. The Kier molecular flexibility index (Phi) is 4.71. The topological polar surface area (TPSA) is 73.0 Å². The average Bonchev–Trinajstić information content (AvgIpc) is 3.27. The van der Waals surface area contributed by atoms with Crippen LogP contribution in [-0.4, -0.2) is 70.9 Å². The van der Waals surface area contributed by atoms with Crippen LogP contribution >= 0.6 is 11.3 Å². The number of carbonyl (C=O) groups is 3. The fourth-order valence-electron chi connectivity index (χ4n) is 4.15. The van der Waals surface area contributed by atoms with Gasteiger partial charge in [-0.25, -0.2) is 9.69 Å². The lowest BCUT2D eigenvalue weighted by Gasteiger charge is -2.36. The largest absolute Gasteiger partial charge is 0.335 e. The third-order valence-corrected chi connectivity index (χ3v) is 6.54. The van der Waals surface area contributed by atoms with Crippen LogP contribution in [0.5, 0.6) is 0 Å². The van der Waals surface area contributed by atoms with E-state index in [1.165, 1.54) is 16.2 Å². The quantitative estimate of drug-likeness (QED) is 0.816. The molecule has 140 valence electrons. The normalized spacial score (nSPS) is 23.5. The Morgan fingerprint density at radius 3 is 2.50 bits per heavy atom. The number of imide groups is 1. The summed E-state index contributed by atoms with van der Waals surface area (Å²) in [6.07, 6.45) is 4.60. The van der Waals surface area contributed by atoms with Crippen LogP contribution in [0.1, 0.15) is 41.8 Å². The van der Waals surface area contributed by atoms with Crippen LogP contribution in [0.4, 0.5) is 4.79 Å². The van der Waals surface area contributed by atoms with Crippen molar-refractivity contribution < 1.29 is 14.4 Å². The number of carbonyl (C=O) groups excluding carboxylic acids is 3. The number of rotatable bonds is 3. The van der Waals surface area contributed by atoms with E-state index in [-0.39, 0.29) is 17.8 Å². The maximum atomic E-state index is 12.8. The van der Waals surface area contributed by atoms with Crippen LogP contribution in [0.2, 0.25) is 0 Å². The zero-order valence-electron chi connectivity index (χ0n) is 14.8. The molecule has 1 N–H and O–H groups in total. The van der Waals surface area contributed by atoms with Gasteiger partial charge >= 0.3 is 6.03 Å². The molecule has 26 heavy (non-hydrogen) atoms. The molecule has 0 aromatic carbocycles. The van der Waals surface area contributed by atoms with Gasteiger partial charge in [0.2, 0.25) is 0 Å². The molecule has 0 atom stereocenters. The molecule has 3 fully saturated rings. The summed E-state index contributed by atoms with van der Waals surface area (Å²) in [5.41, 5.74) is -0.660. The molecule has 4 amide bonds. The highest BCUT2D eigenvalue weighted by atomic mass is 32.1. The lowest BCUT2D eigenvalue weighted by Crippen LogP contribution is -2.53. The number of hydrogen-bond acceptors (Lipinski definition) is 5. The molecule has 0 radical (unpaired) electrons. The zero-order chi connectivity index (χ0) is 18.1. The fourth-order valence-corrected chi connectivity index (χ4v) is 4.84. The van der Waals surface area contributed by atoms with Crippen molar-refractivity contribution in [3.63, 3.8) is 0 Å². The molecule has 7 nitrogen and oxygen atoms in total. The van der Waals surface area contributed by atoms with Gasteiger partial charge in [-0.2, -0.15) is 0 Å². The molecule has 0 bridgehead atoms. The van der Waals surface area contributed by atoms with E-state index in [1.54, 1.807) is 0 Å². The highest BCUT2D eigenvalue weighted by molar-refractivity contribution is 7.12. The molecule has 2 aliphatic heterocycles. The van der Waals surface area contributed by atoms with Gasteiger partial charge in [0.25, 0.3) is 11.8 Å². The number of nitrogens with one attached hydrogen (secondary N) is 1. The first-order valence-electron chi connectivity index (χ1n) is 9.28. The Hall–Kier alpha value is -1.93. The van der Waals surface area contributed by atoms with E-state index in [9.17, 15) is 14.4 Å². The number of thiophene rings is 1. The lowest BCUT2D eigenvalue weighted by molar-refractivity contribution is -0.134. The predicted molar refractivity (Wildman–Crippen MR) is 97.9 cm³/mol. The molecule has 1 aliphatic carbocycles. The minimum atomic E-state index is -0.660. The predicted octanol–water partition coefficient (Wildman–Crippen LogP) is 1.72. The van der Waals surface area contributed by atoms with E-state index in [1.807, 2.05) is 22.4 Å². The molecule has 0 unspecified atom stereocenters. The Labute approximate surface area is 156 Å². The summed E-state index contributed by atoms with van der Waals surface area (Å²) in [6, 6.07) is 3.46. The molecule has 4 rings (SSSR count). The molecule has 1 saturated carbocycles. The molecule has 8 heteroatoms. The van der Waals surface area contributed by atoms with Gasteiger partial charge in [-0.3, -0.25) is 14.5 Å². The van der Waals surface area contributed by atoms with Crippen molar-refractivity contribution in [1.82, 2.24) is 20.0 Å². The summed E-state index contributed by atoms with van der Waals surface area (Å²) < 4.78 is 0. The van der Waals surface area contributed by atoms with Gasteiger partial charge in [0, 0.05) is 26.2 Å². The van der Waals surface area contributed by atoms with Crippen LogP contribution in [-0.2, 0) is 4.79 Å². The van der Waals surface area contributed by atoms with E-state index in [0.29, 0.717) is 32.8 Å². The molecular formula is C18H24N4O3S. The first-order valence-corrected chi connectivity index (χ1v) is 10.2. The van der Waals surface area contributed by atoms with Crippen LogP contribution in [0.25, 0.3) is 0 Å². The second-order valence-electron chi connectivity index (χ2n) is 7.34. The Morgan fingerprint density at radius 1 is 1.12 bits per heavy atom. The summed E-state index contributed by atoms with van der Waals surface area (Å²) in [5.74, 6) is -0.00454. The molecular weight excluding hydrogens is 352 g/mol. The van der Waals surface area contributed by atoms with E-state index < -0.39 is 5.54 Å². The van der Waals surface area contributed by atoms with Crippen LogP contribution in [0.3, 0.4) is 0 Å². The minimum absolute atomic E-state index is 0.0656. The monoisotopic (exact) mass is 376 g/mol. The Balaban J connectivity index is 1.34. The van der Waals surface area contributed by atoms with E-state index in [2.05, 4.69) is 10.2 Å². The second-order valence-corrected chi connectivity index (χ2v) is 8.28. The third-order valence-electron chi connectivity index (χ3n) is 5.69. The van der Waals surface area contributed by atoms with Crippen molar-refractivity contribution in [1.29, 1.82) is 0 Å². The Bertz CT molecular complexity index is 691. The van der Waals surface area contributed by atoms with Crippen LogP contribution in [0, 0.1) is 0 Å². The first kappa shape index (κ1) is 17.5. The van der Waals surface area contributed by atoms with Crippen molar-refractivity contribution in [2.24, 2.45) is 0 Å². The summed E-state index contributed by atoms with van der Waals surface area (Å²) in [6.45, 7) is 2.88. The standard InChI is InChI=1S/C18H24N4O3S/c23-15(14-5-4-12-26-14)21-10-8-20(9-11-21)13-22-16(24)18(19-17(22)25)6-2-1-3-7-18/h4-5,12H,1-3,6-11,13H2,(H,19,25). The van der Waals surface area contributed by atoms with Gasteiger partial charge in [-0.15, -0.1) is 11.3 Å². The van der Waals surface area contributed by atoms with Crippen molar-refractivity contribution >= 4 is 29.2 Å². The van der Waals surface area contributed by atoms with Gasteiger partial charge < -0.3 is 10.2 Å². The van der Waals surface area contributed by atoms with Gasteiger partial charge in [0.05, 0.1) is 11.5 Å². The maximum absolute atomic E-state index is 12.8. The average molecular weight is 376 g/mol. The van der Waals surface area contributed by atoms with E-state index in [4.69, 9.17) is 0 Å². The highest BCUT2D eigenvalue weighted by Crippen LogP contribution is 2.33. The smallest absolute Gasteiger partial charge is 0.326 e. The van der Waals surface area contributed by atoms with Crippen LogP contribution in [0.15, 0.2) is 17.5 Å². The van der Waals surface area contributed by atoms with Gasteiger partial charge in [0.1, 0.15) is 5.54 Å². The number of nitrogens with zero attached hydrogens (tertiary/aromatic N) is 3. The summed E-state index contributed by atoms with van der Waals surface area (Å²) in [4.78, 5) is 43.7. The van der Waals surface area contributed by atoms with Gasteiger partial charge in [0.15, 0.2) is 0 Å². The number of piperazine rings is 1. The third kappa shape index (κ3) is 3.12. The second kappa shape index (κ2) is 7.00. The first-order chi connectivity index (χ1) is 12.6. The van der Waals surface area contributed by atoms with Crippen molar-refractivity contribution in [3.05, 3.63) is 22.4 Å². The summed E-state index contributed by atoms with van der Waals surface area (Å²) in [5, 5.41) is 4.86. The fraction of sp³-hybridized carbons (Fsp3) is 0.611. The molecule has 2 saturated heterocycles. The van der Waals surface area contributed by atoms with E-state index in [0.717, 1.165) is 37.0 Å². The van der Waals surface area contributed by atoms with Crippen molar-refractivity contribution in [2.45, 2.75) is 37.6 Å². The number of urea groups is 1. The van der Waals surface area contributed by atoms with Crippen LogP contribution < -0.4 is 5.32 Å². The summed E-state index contributed by atoms with van der Waals surface area (Å²) >= 11 is 1.45. The Morgan fingerprint density at radius 2 is 1.85 bits per heavy atom. The number of amides is 4. The molecule has 3 aliphatic rings. The zero-order valence-corrected chi connectivity index (χ0v) is 15.6. The molecule has 1 aromatic rings.